The van der Waals surface area contributed by atoms with Crippen LogP contribution in [0.25, 0.3) is 0 Å². The average molecular weight is 512 g/mol. The van der Waals surface area contributed by atoms with Crippen LogP contribution < -0.4 is 10.2 Å². The van der Waals surface area contributed by atoms with Crippen molar-refractivity contribution in [1.82, 2.24) is 5.32 Å². The molecule has 0 aliphatic carbocycles. The zero-order valence-corrected chi connectivity index (χ0v) is 20.0. The zero-order valence-electron chi connectivity index (χ0n) is 18.5. The molecule has 2 aliphatic rings. The highest BCUT2D eigenvalue weighted by Gasteiger charge is 2.28. The number of dihydropyridines is 1. The number of ether oxygens (including phenoxy) is 1. The molecule has 2 aliphatic heterocycles. The highest BCUT2D eigenvalue weighted by molar-refractivity contribution is 9.10. The van der Waals surface area contributed by atoms with Crippen LogP contribution in [0.5, 0.6) is 0 Å². The second-order valence-corrected chi connectivity index (χ2v) is 9.14. The molecular formula is C23H28BrF2N3O3. The molecule has 6 nitrogen and oxygen atoms in total. The normalized spacial score (nSPS) is 19.6. The van der Waals surface area contributed by atoms with E-state index in [1.807, 2.05) is 13.0 Å². The van der Waals surface area contributed by atoms with Crippen LogP contribution in [-0.4, -0.2) is 56.3 Å². The van der Waals surface area contributed by atoms with Crippen LogP contribution in [0.3, 0.4) is 0 Å². The molecule has 1 unspecified atom stereocenters. The van der Waals surface area contributed by atoms with Crippen LogP contribution in [0, 0.1) is 12.8 Å². The average Bonchev–Trinajstić information content (AvgIpc) is 2.73. The number of carbonyl (C=O) groups excluding carboxylic acids is 2. The number of benzene rings is 1. The van der Waals surface area contributed by atoms with Gasteiger partial charge in [0, 0.05) is 47.2 Å². The van der Waals surface area contributed by atoms with E-state index in [1.165, 1.54) is 0 Å². The Balaban J connectivity index is 1.83. The number of alkyl halides is 2. The van der Waals surface area contributed by atoms with E-state index in [9.17, 15) is 18.4 Å². The van der Waals surface area contributed by atoms with Crippen molar-refractivity contribution < 1.29 is 23.1 Å². The third kappa shape index (κ3) is 5.81. The molecule has 2 amide bonds. The lowest BCUT2D eigenvalue weighted by atomic mass is 9.95. The summed E-state index contributed by atoms with van der Waals surface area (Å²) in [6, 6.07) is 3.36. The summed E-state index contributed by atoms with van der Waals surface area (Å²) in [7, 11) is 0. The SMILES string of the molecule is CC1=CC(C)=NC(=O)C1CNC(=O)c1cc(Br)cc(N(CC(F)F)C2CCOCC2)c1C. The van der Waals surface area contributed by atoms with E-state index in [4.69, 9.17) is 4.74 Å². The third-order valence-electron chi connectivity index (χ3n) is 5.90. The number of halogens is 3. The number of hydrogen-bond donors (Lipinski definition) is 1. The molecule has 1 aromatic carbocycles. The van der Waals surface area contributed by atoms with Crippen molar-refractivity contribution in [3.8, 4) is 0 Å². The Labute approximate surface area is 195 Å². The van der Waals surface area contributed by atoms with Gasteiger partial charge in [-0.2, -0.15) is 0 Å². The number of nitrogens with one attached hydrogen (secondary N) is 1. The topological polar surface area (TPSA) is 71.0 Å². The van der Waals surface area contributed by atoms with E-state index in [0.29, 0.717) is 53.1 Å². The summed E-state index contributed by atoms with van der Waals surface area (Å²) < 4.78 is 32.9. The van der Waals surface area contributed by atoms with Gasteiger partial charge in [0.15, 0.2) is 0 Å². The molecule has 32 heavy (non-hydrogen) atoms. The summed E-state index contributed by atoms with van der Waals surface area (Å²) in [4.78, 5) is 30.9. The van der Waals surface area contributed by atoms with Crippen molar-refractivity contribution in [2.45, 2.75) is 46.1 Å². The molecule has 9 heteroatoms. The van der Waals surface area contributed by atoms with Gasteiger partial charge in [0.25, 0.3) is 18.2 Å². The summed E-state index contributed by atoms with van der Waals surface area (Å²) >= 11 is 3.43. The molecule has 0 spiro atoms. The van der Waals surface area contributed by atoms with Crippen molar-refractivity contribution in [3.63, 3.8) is 0 Å². The van der Waals surface area contributed by atoms with Gasteiger partial charge >= 0.3 is 0 Å². The van der Waals surface area contributed by atoms with Crippen molar-refractivity contribution in [2.75, 3.05) is 31.2 Å². The molecule has 0 bridgehead atoms. The summed E-state index contributed by atoms with van der Waals surface area (Å²) in [5.41, 5.74) is 3.09. The Hall–Kier alpha value is -2.13. The second kappa shape index (κ2) is 10.7. The van der Waals surface area contributed by atoms with E-state index in [1.54, 1.807) is 30.9 Å². The number of rotatable bonds is 7. The molecule has 1 N–H and O–H groups in total. The van der Waals surface area contributed by atoms with E-state index < -0.39 is 18.9 Å². The standard InChI is InChI=1S/C23H28BrF2N3O3/c1-13-8-14(2)28-23(31)19(13)11-27-22(30)18-9-16(24)10-20(15(18)3)29(12-21(25)26)17-4-6-32-7-5-17/h8-10,17,19,21H,4-7,11-12H2,1-3H3,(H,27,30). The van der Waals surface area contributed by atoms with Gasteiger partial charge in [-0.1, -0.05) is 21.5 Å². The minimum Gasteiger partial charge on any atom is -0.381 e. The zero-order chi connectivity index (χ0) is 23.4. The van der Waals surface area contributed by atoms with Crippen LogP contribution in [-0.2, 0) is 9.53 Å². The van der Waals surface area contributed by atoms with Crippen LogP contribution in [0.15, 0.2) is 33.2 Å². The Morgan fingerprint density at radius 3 is 2.59 bits per heavy atom. The fourth-order valence-corrected chi connectivity index (χ4v) is 4.68. The van der Waals surface area contributed by atoms with Gasteiger partial charge in [0.2, 0.25) is 0 Å². The van der Waals surface area contributed by atoms with Crippen molar-refractivity contribution in [1.29, 1.82) is 0 Å². The first-order valence-electron chi connectivity index (χ1n) is 10.7. The van der Waals surface area contributed by atoms with Crippen LogP contribution in [0.1, 0.15) is 42.6 Å². The molecule has 1 saturated heterocycles. The fraction of sp³-hybridized carbons (Fsp3) is 0.522. The lowest BCUT2D eigenvalue weighted by molar-refractivity contribution is -0.120. The van der Waals surface area contributed by atoms with Crippen molar-refractivity contribution in [3.05, 3.63) is 39.4 Å². The van der Waals surface area contributed by atoms with Crippen LogP contribution >= 0.6 is 15.9 Å². The Morgan fingerprint density at radius 2 is 1.97 bits per heavy atom. The number of aliphatic imine (C=N–C) groups is 1. The molecule has 1 aromatic rings. The highest BCUT2D eigenvalue weighted by atomic mass is 79.9. The molecule has 0 saturated carbocycles. The van der Waals surface area contributed by atoms with E-state index >= 15 is 0 Å². The van der Waals surface area contributed by atoms with E-state index in [2.05, 4.69) is 26.2 Å². The molecule has 2 heterocycles. The van der Waals surface area contributed by atoms with Crippen molar-refractivity contribution in [2.24, 2.45) is 10.9 Å². The maximum atomic E-state index is 13.4. The lowest BCUT2D eigenvalue weighted by Crippen LogP contribution is -2.43. The Bertz CT molecular complexity index is 943. The number of anilines is 1. The fourth-order valence-electron chi connectivity index (χ4n) is 4.24. The molecule has 174 valence electrons. The van der Waals surface area contributed by atoms with E-state index in [-0.39, 0.29) is 24.4 Å². The minimum atomic E-state index is -2.51. The second-order valence-electron chi connectivity index (χ2n) is 8.23. The quantitative estimate of drug-likeness (QED) is 0.592. The largest absolute Gasteiger partial charge is 0.381 e. The summed E-state index contributed by atoms with van der Waals surface area (Å²) in [6.07, 6.45) is 0.617. The molecular weight excluding hydrogens is 484 g/mol. The highest BCUT2D eigenvalue weighted by Crippen LogP contribution is 2.32. The molecule has 1 atom stereocenters. The predicted molar refractivity (Wildman–Crippen MR) is 124 cm³/mol. The monoisotopic (exact) mass is 511 g/mol. The maximum Gasteiger partial charge on any atom is 0.255 e. The Morgan fingerprint density at radius 1 is 1.28 bits per heavy atom. The first-order chi connectivity index (χ1) is 15.2. The van der Waals surface area contributed by atoms with Crippen LogP contribution in [0.2, 0.25) is 0 Å². The predicted octanol–water partition coefficient (Wildman–Crippen LogP) is 4.30. The number of amides is 2. The smallest absolute Gasteiger partial charge is 0.255 e. The molecule has 3 rings (SSSR count). The molecule has 0 radical (unpaired) electrons. The first-order valence-corrected chi connectivity index (χ1v) is 11.4. The van der Waals surface area contributed by atoms with Crippen molar-refractivity contribution >= 4 is 39.1 Å². The number of carbonyl (C=O) groups is 2. The Kier molecular flexibility index (Phi) is 8.16. The van der Waals surface area contributed by atoms with Gasteiger partial charge in [0.05, 0.1) is 12.5 Å². The van der Waals surface area contributed by atoms with Gasteiger partial charge < -0.3 is 15.0 Å². The van der Waals surface area contributed by atoms with Gasteiger partial charge in [0.1, 0.15) is 0 Å². The molecule has 0 aromatic heterocycles. The maximum absolute atomic E-state index is 13.4. The number of nitrogens with zero attached hydrogens (tertiary/aromatic N) is 2. The van der Waals surface area contributed by atoms with Gasteiger partial charge in [-0.05, 0) is 57.4 Å². The lowest BCUT2D eigenvalue weighted by Gasteiger charge is -2.37. The van der Waals surface area contributed by atoms with Crippen LogP contribution in [0.4, 0.5) is 14.5 Å². The molecule has 1 fully saturated rings. The van der Waals surface area contributed by atoms with Gasteiger partial charge in [-0.15, -0.1) is 0 Å². The number of allylic oxidation sites excluding steroid dienone is 1. The summed E-state index contributed by atoms with van der Waals surface area (Å²) in [5.74, 6) is -1.15. The third-order valence-corrected chi connectivity index (χ3v) is 6.36. The van der Waals surface area contributed by atoms with Gasteiger partial charge in [-0.3, -0.25) is 9.59 Å². The van der Waals surface area contributed by atoms with E-state index in [0.717, 1.165) is 5.57 Å². The van der Waals surface area contributed by atoms with Gasteiger partial charge in [-0.25, -0.2) is 13.8 Å². The summed E-state index contributed by atoms with van der Waals surface area (Å²) in [5, 5.41) is 2.82. The minimum absolute atomic E-state index is 0.0876. The number of hydrogen-bond acceptors (Lipinski definition) is 4. The summed E-state index contributed by atoms with van der Waals surface area (Å²) in [6.45, 7) is 6.11. The first kappa shape index (κ1) is 24.5.